The topological polar surface area (TPSA) is 67.4 Å². The second-order valence-electron chi connectivity index (χ2n) is 9.32. The number of fused-ring (bicyclic) bond motifs is 3. The first-order valence-electron chi connectivity index (χ1n) is 12.1. The molecule has 5 nitrogen and oxygen atoms in total. The molecule has 0 spiro atoms. The van der Waals surface area contributed by atoms with Gasteiger partial charge in [-0.25, -0.2) is 8.42 Å². The second-order valence-corrected chi connectivity index (χ2v) is 11.9. The van der Waals surface area contributed by atoms with Crippen LogP contribution < -0.4 is 14.8 Å². The summed E-state index contributed by atoms with van der Waals surface area (Å²) >= 11 is 3.52. The van der Waals surface area contributed by atoms with Gasteiger partial charge < -0.3 is 10.1 Å². The molecule has 4 aromatic rings. The van der Waals surface area contributed by atoms with Crippen LogP contribution in [0.25, 0.3) is 0 Å². The smallest absolute Gasteiger partial charge is 0.261 e. The molecule has 0 radical (unpaired) electrons. The Hall–Kier alpha value is -3.55. The number of nitrogens with one attached hydrogen (secondary N) is 2. The van der Waals surface area contributed by atoms with E-state index in [1.165, 1.54) is 5.56 Å². The van der Waals surface area contributed by atoms with Gasteiger partial charge in [0.2, 0.25) is 0 Å². The number of hydrogen-bond acceptors (Lipinski definition) is 4. The first-order chi connectivity index (χ1) is 18.0. The Labute approximate surface area is 225 Å². The highest BCUT2D eigenvalue weighted by atomic mass is 79.9. The lowest BCUT2D eigenvalue weighted by Gasteiger charge is -2.37. The fraction of sp³-hybridized carbons (Fsp3) is 0.133. The van der Waals surface area contributed by atoms with Crippen LogP contribution in [0.3, 0.4) is 0 Å². The molecule has 0 amide bonds. The molecular formula is C30H25BrN2O3S. The number of anilines is 2. The van der Waals surface area contributed by atoms with Crippen molar-refractivity contribution in [3.63, 3.8) is 0 Å². The van der Waals surface area contributed by atoms with Crippen LogP contribution in [0.5, 0.6) is 11.5 Å². The highest BCUT2D eigenvalue weighted by molar-refractivity contribution is 9.10. The molecule has 1 aliphatic heterocycles. The van der Waals surface area contributed by atoms with Gasteiger partial charge in [0.05, 0.1) is 10.9 Å². The molecule has 0 aromatic heterocycles. The predicted octanol–water partition coefficient (Wildman–Crippen LogP) is 7.87. The van der Waals surface area contributed by atoms with Crippen molar-refractivity contribution in [1.82, 2.24) is 0 Å². The molecule has 0 saturated carbocycles. The van der Waals surface area contributed by atoms with Gasteiger partial charge in [-0.2, -0.15) is 0 Å². The van der Waals surface area contributed by atoms with Crippen LogP contribution in [-0.2, 0) is 10.0 Å². The molecule has 6 rings (SSSR count). The van der Waals surface area contributed by atoms with Gasteiger partial charge in [0.1, 0.15) is 11.5 Å². The molecular weight excluding hydrogens is 548 g/mol. The van der Waals surface area contributed by atoms with E-state index in [9.17, 15) is 8.42 Å². The Morgan fingerprint density at radius 1 is 0.865 bits per heavy atom. The van der Waals surface area contributed by atoms with Crippen LogP contribution in [-0.4, -0.2) is 8.42 Å². The monoisotopic (exact) mass is 572 g/mol. The van der Waals surface area contributed by atoms with E-state index < -0.39 is 10.0 Å². The van der Waals surface area contributed by atoms with Crippen LogP contribution in [0, 0.1) is 5.92 Å². The van der Waals surface area contributed by atoms with Crippen molar-refractivity contribution >= 4 is 37.3 Å². The Morgan fingerprint density at radius 3 is 2.35 bits per heavy atom. The standard InChI is InChI=1S/C30H25BrN2O3S/c31-21-11-9-20(10-12-21)30-27-8-4-7-26(27)28-19-25(17-18-29(28)32-30)37(34,35)33-22-13-15-24(16-14-22)36-23-5-2-1-3-6-23/h1-7,9-19,26-27,30,32-33H,8H2/t26-,27+,30+/m0/s1. The predicted molar refractivity (Wildman–Crippen MR) is 151 cm³/mol. The molecule has 2 aliphatic rings. The largest absolute Gasteiger partial charge is 0.457 e. The Morgan fingerprint density at radius 2 is 1.59 bits per heavy atom. The molecule has 2 N–H and O–H groups in total. The van der Waals surface area contributed by atoms with Gasteiger partial charge >= 0.3 is 0 Å². The van der Waals surface area contributed by atoms with E-state index in [4.69, 9.17) is 4.74 Å². The van der Waals surface area contributed by atoms with Gasteiger partial charge in [0, 0.05) is 21.8 Å². The average molecular weight is 574 g/mol. The summed E-state index contributed by atoms with van der Waals surface area (Å²) in [5.74, 6) is 1.85. The van der Waals surface area contributed by atoms with E-state index in [0.717, 1.165) is 27.9 Å². The van der Waals surface area contributed by atoms with Gasteiger partial charge in [-0.05, 0) is 90.2 Å². The number of sulfonamides is 1. The number of hydrogen-bond donors (Lipinski definition) is 2. The third-order valence-corrected chi connectivity index (χ3v) is 8.87. The van der Waals surface area contributed by atoms with E-state index >= 15 is 0 Å². The van der Waals surface area contributed by atoms with Crippen LogP contribution in [0.4, 0.5) is 11.4 Å². The van der Waals surface area contributed by atoms with E-state index in [0.29, 0.717) is 17.4 Å². The molecule has 0 saturated heterocycles. The lowest BCUT2D eigenvalue weighted by Crippen LogP contribution is -2.29. The molecule has 186 valence electrons. The van der Waals surface area contributed by atoms with Crippen molar-refractivity contribution in [3.05, 3.63) is 125 Å². The highest BCUT2D eigenvalue weighted by Gasteiger charge is 2.38. The summed E-state index contributed by atoms with van der Waals surface area (Å²) in [7, 11) is -3.77. The van der Waals surface area contributed by atoms with E-state index in [2.05, 4.69) is 62.4 Å². The van der Waals surface area contributed by atoms with Gasteiger partial charge in [0.25, 0.3) is 10.0 Å². The maximum absolute atomic E-state index is 13.3. The fourth-order valence-corrected chi connectivity index (χ4v) is 6.53. The van der Waals surface area contributed by atoms with Gasteiger partial charge in [-0.1, -0.05) is 58.4 Å². The first kappa shape index (κ1) is 23.8. The van der Waals surface area contributed by atoms with Crippen LogP contribution >= 0.6 is 15.9 Å². The van der Waals surface area contributed by atoms with Crippen molar-refractivity contribution in [1.29, 1.82) is 0 Å². The SMILES string of the molecule is O=S(=O)(Nc1ccc(Oc2ccccc2)cc1)c1ccc2c(c1)[C@H]1C=CC[C@H]1[C@@H](c1ccc(Br)cc1)N2. The number of allylic oxidation sites excluding steroid dienone is 2. The van der Waals surface area contributed by atoms with Crippen molar-refractivity contribution in [2.24, 2.45) is 5.92 Å². The minimum Gasteiger partial charge on any atom is -0.457 e. The number of rotatable bonds is 6. The minimum atomic E-state index is -3.77. The minimum absolute atomic E-state index is 0.162. The van der Waals surface area contributed by atoms with Crippen LogP contribution in [0.1, 0.15) is 29.5 Å². The Bertz CT molecular complexity index is 1550. The van der Waals surface area contributed by atoms with E-state index in [1.54, 1.807) is 30.3 Å². The lowest BCUT2D eigenvalue weighted by atomic mass is 9.77. The van der Waals surface area contributed by atoms with E-state index in [-0.39, 0.29) is 16.9 Å². The van der Waals surface area contributed by atoms with Gasteiger partial charge in [-0.15, -0.1) is 0 Å². The van der Waals surface area contributed by atoms with Crippen LogP contribution in [0.15, 0.2) is 119 Å². The van der Waals surface area contributed by atoms with Gasteiger partial charge in [0.15, 0.2) is 0 Å². The first-order valence-corrected chi connectivity index (χ1v) is 14.4. The Balaban J connectivity index is 1.23. The zero-order valence-corrected chi connectivity index (χ0v) is 22.2. The fourth-order valence-electron chi connectivity index (χ4n) is 5.17. The Kier molecular flexibility index (Phi) is 6.26. The number of para-hydroxylation sites is 1. The average Bonchev–Trinajstić information content (AvgIpc) is 3.41. The molecule has 3 atom stereocenters. The number of ether oxygens (including phenoxy) is 1. The highest BCUT2D eigenvalue weighted by Crippen LogP contribution is 2.50. The summed E-state index contributed by atoms with van der Waals surface area (Å²) in [5, 5.41) is 3.67. The maximum Gasteiger partial charge on any atom is 0.261 e. The summed E-state index contributed by atoms with van der Waals surface area (Å²) in [5.41, 5.74) is 3.69. The quantitative estimate of drug-likeness (QED) is 0.231. The molecule has 0 bridgehead atoms. The summed E-state index contributed by atoms with van der Waals surface area (Å²) < 4.78 is 36.1. The molecule has 1 heterocycles. The third-order valence-electron chi connectivity index (χ3n) is 6.96. The number of halogens is 1. The molecule has 37 heavy (non-hydrogen) atoms. The van der Waals surface area contributed by atoms with Crippen molar-refractivity contribution in [2.45, 2.75) is 23.3 Å². The van der Waals surface area contributed by atoms with Crippen molar-refractivity contribution in [3.8, 4) is 11.5 Å². The second kappa shape index (κ2) is 9.72. The van der Waals surface area contributed by atoms with Crippen molar-refractivity contribution in [2.75, 3.05) is 10.0 Å². The number of benzene rings is 4. The maximum atomic E-state index is 13.3. The third kappa shape index (κ3) is 4.89. The summed E-state index contributed by atoms with van der Waals surface area (Å²) in [6, 6.07) is 30.3. The lowest BCUT2D eigenvalue weighted by molar-refractivity contribution is 0.425. The molecule has 7 heteroatoms. The van der Waals surface area contributed by atoms with Crippen LogP contribution in [0.2, 0.25) is 0 Å². The normalized spacial score (nSPS) is 20.0. The summed E-state index contributed by atoms with van der Waals surface area (Å²) in [6.07, 6.45) is 5.37. The van der Waals surface area contributed by atoms with Gasteiger partial charge in [-0.3, -0.25) is 4.72 Å². The molecule has 0 fully saturated rings. The van der Waals surface area contributed by atoms with E-state index in [1.807, 2.05) is 42.5 Å². The van der Waals surface area contributed by atoms with Crippen molar-refractivity contribution < 1.29 is 13.2 Å². The zero-order valence-electron chi connectivity index (χ0n) is 19.8. The molecule has 1 aliphatic carbocycles. The zero-order chi connectivity index (χ0) is 25.4. The molecule has 4 aromatic carbocycles. The molecule has 0 unspecified atom stereocenters. The summed E-state index contributed by atoms with van der Waals surface area (Å²) in [4.78, 5) is 0.249. The summed E-state index contributed by atoms with van der Waals surface area (Å²) in [6.45, 7) is 0.